The van der Waals surface area contributed by atoms with Gasteiger partial charge in [-0.1, -0.05) is 30.3 Å². The zero-order valence-electron chi connectivity index (χ0n) is 24.1. The molecule has 0 spiro atoms. The van der Waals surface area contributed by atoms with Crippen LogP contribution in [-0.4, -0.2) is 57.9 Å². The van der Waals surface area contributed by atoms with Gasteiger partial charge in [-0.3, -0.25) is 4.90 Å². The lowest BCUT2D eigenvalue weighted by Gasteiger charge is -2.38. The molecule has 5 nitrogen and oxygen atoms in total. The van der Waals surface area contributed by atoms with Gasteiger partial charge < -0.3 is 10.1 Å². The van der Waals surface area contributed by atoms with Crippen molar-refractivity contribution in [2.45, 2.75) is 59.5 Å². The van der Waals surface area contributed by atoms with Crippen LogP contribution in [0.15, 0.2) is 71.6 Å². The first-order chi connectivity index (χ1) is 21.5. The van der Waals surface area contributed by atoms with Crippen LogP contribution < -0.4 is 5.32 Å². The fourth-order valence-electron chi connectivity index (χ4n) is 6.44. The topological polar surface area (TPSA) is 58.6 Å². The Balaban J connectivity index is 1.60. The van der Waals surface area contributed by atoms with Crippen LogP contribution in [0.3, 0.4) is 0 Å². The molecule has 250 valence electrons. The molecule has 1 aliphatic heterocycles. The zero-order valence-corrected chi connectivity index (χ0v) is 24.9. The third kappa shape index (κ3) is 5.90. The number of halogens is 9. The van der Waals surface area contributed by atoms with Gasteiger partial charge in [0.15, 0.2) is 9.84 Å². The lowest BCUT2D eigenvalue weighted by molar-refractivity contribution is -0.392. The van der Waals surface area contributed by atoms with Gasteiger partial charge in [-0.25, -0.2) is 21.6 Å². The SMILES string of the molecule is O=S(=O)(c1ccc(F)cc1)C1(c2ccc(C(OCc3c(F)cccc3F)(C(F)(F)F)C(F)(F)F)cc2)CCC(N2CCNCC2)C1. The van der Waals surface area contributed by atoms with E-state index in [9.17, 15) is 47.9 Å². The van der Waals surface area contributed by atoms with E-state index in [-0.39, 0.29) is 29.3 Å². The average molecular weight is 681 g/mol. The summed E-state index contributed by atoms with van der Waals surface area (Å²) in [7, 11) is -4.37. The number of hydrogen-bond acceptors (Lipinski definition) is 5. The van der Waals surface area contributed by atoms with Crippen molar-refractivity contribution in [1.29, 1.82) is 0 Å². The number of ether oxygens (including phenoxy) is 1. The van der Waals surface area contributed by atoms with Crippen molar-refractivity contribution in [1.82, 2.24) is 10.2 Å². The first-order valence-corrected chi connectivity index (χ1v) is 15.8. The molecule has 2 fully saturated rings. The van der Waals surface area contributed by atoms with Crippen molar-refractivity contribution in [3.8, 4) is 0 Å². The molecule has 1 saturated carbocycles. The molecule has 3 aromatic carbocycles. The monoisotopic (exact) mass is 680 g/mol. The number of nitrogens with zero attached hydrogens (tertiary/aromatic N) is 1. The van der Waals surface area contributed by atoms with Crippen molar-refractivity contribution in [3.05, 3.63) is 101 Å². The highest BCUT2D eigenvalue weighted by atomic mass is 32.2. The molecule has 15 heteroatoms. The first-order valence-electron chi connectivity index (χ1n) is 14.3. The number of benzene rings is 3. The van der Waals surface area contributed by atoms with Crippen molar-refractivity contribution in [2.24, 2.45) is 0 Å². The average Bonchev–Trinajstić information content (AvgIpc) is 3.46. The van der Waals surface area contributed by atoms with Gasteiger partial charge in [0, 0.05) is 43.3 Å². The summed E-state index contributed by atoms with van der Waals surface area (Å²) in [6.45, 7) is 0.799. The van der Waals surface area contributed by atoms with E-state index < -0.39 is 67.7 Å². The van der Waals surface area contributed by atoms with Gasteiger partial charge in [-0.05, 0) is 61.2 Å². The van der Waals surface area contributed by atoms with E-state index in [2.05, 4.69) is 15.0 Å². The van der Waals surface area contributed by atoms with E-state index >= 15 is 0 Å². The minimum Gasteiger partial charge on any atom is -0.349 e. The van der Waals surface area contributed by atoms with Crippen LogP contribution in [0.5, 0.6) is 0 Å². The summed E-state index contributed by atoms with van der Waals surface area (Å²) in [6, 6.07) is 8.70. The lowest BCUT2D eigenvalue weighted by Crippen LogP contribution is -2.56. The minimum atomic E-state index is -6.16. The standard InChI is InChI=1S/C31H29F9N2O3S/c32-22-8-10-24(11-9-22)46(43,44)28(13-12-23(18-28)42-16-14-41-15-17-42)20-4-6-21(7-5-20)29(30(35,36)37,31(38,39)40)45-19-25-26(33)2-1-3-27(25)34/h1-11,23,41H,12-19H2. The first kappa shape index (κ1) is 34.2. The molecule has 2 atom stereocenters. The number of piperazine rings is 1. The number of rotatable bonds is 8. The van der Waals surface area contributed by atoms with Crippen LogP contribution in [0.25, 0.3) is 0 Å². The van der Waals surface area contributed by atoms with Crippen molar-refractivity contribution in [2.75, 3.05) is 26.2 Å². The van der Waals surface area contributed by atoms with E-state index in [1.807, 2.05) is 0 Å². The fraction of sp³-hybridized carbons (Fsp3) is 0.419. The highest BCUT2D eigenvalue weighted by Crippen LogP contribution is 2.55. The van der Waals surface area contributed by atoms with Crippen molar-refractivity contribution >= 4 is 9.84 Å². The van der Waals surface area contributed by atoms with Crippen LogP contribution in [-0.2, 0) is 31.5 Å². The smallest absolute Gasteiger partial charge is 0.349 e. The van der Waals surface area contributed by atoms with Gasteiger partial charge >= 0.3 is 12.4 Å². The predicted molar refractivity (Wildman–Crippen MR) is 149 cm³/mol. The second-order valence-electron chi connectivity index (χ2n) is 11.4. The summed E-state index contributed by atoms with van der Waals surface area (Å²) in [5.74, 6) is -3.50. The van der Waals surface area contributed by atoms with Gasteiger partial charge in [0.2, 0.25) is 0 Å². The molecular weight excluding hydrogens is 651 g/mol. The molecule has 1 heterocycles. The maximum absolute atomic E-state index is 14.5. The number of sulfone groups is 1. The summed E-state index contributed by atoms with van der Waals surface area (Å²) < 4.78 is 160. The summed E-state index contributed by atoms with van der Waals surface area (Å²) in [6.07, 6.45) is -12.0. The normalized spacial score (nSPS) is 21.9. The molecule has 46 heavy (non-hydrogen) atoms. The summed E-state index contributed by atoms with van der Waals surface area (Å²) in [5, 5.41) is 3.19. The maximum atomic E-state index is 14.5. The Morgan fingerprint density at radius 3 is 1.93 bits per heavy atom. The number of alkyl halides is 6. The Morgan fingerprint density at radius 2 is 1.39 bits per heavy atom. The van der Waals surface area contributed by atoms with Crippen LogP contribution in [0, 0.1) is 17.5 Å². The highest BCUT2D eigenvalue weighted by molar-refractivity contribution is 7.92. The van der Waals surface area contributed by atoms with E-state index in [1.165, 1.54) is 0 Å². The van der Waals surface area contributed by atoms with Gasteiger partial charge in [0.05, 0.1) is 11.5 Å². The predicted octanol–water partition coefficient (Wildman–Crippen LogP) is 6.77. The third-order valence-electron chi connectivity index (χ3n) is 8.86. The minimum absolute atomic E-state index is 0.00655. The molecule has 3 aromatic rings. The van der Waals surface area contributed by atoms with Crippen molar-refractivity contribution in [3.63, 3.8) is 0 Å². The number of hydrogen-bond donors (Lipinski definition) is 1. The van der Waals surface area contributed by atoms with E-state index in [0.717, 1.165) is 42.5 Å². The molecule has 1 saturated heterocycles. The second-order valence-corrected chi connectivity index (χ2v) is 13.6. The Labute approximate surface area is 259 Å². The molecule has 0 radical (unpaired) electrons. The van der Waals surface area contributed by atoms with Crippen molar-refractivity contribution < 1.29 is 52.7 Å². The Kier molecular flexibility index (Phi) is 9.27. The fourth-order valence-corrected chi connectivity index (χ4v) is 8.63. The van der Waals surface area contributed by atoms with E-state index in [4.69, 9.17) is 0 Å². The molecule has 0 amide bonds. The molecule has 1 aliphatic carbocycles. The Bertz CT molecular complexity index is 1610. The van der Waals surface area contributed by atoms with E-state index in [1.54, 1.807) is 0 Å². The molecular formula is C31H29F9N2O3S. The summed E-state index contributed by atoms with van der Waals surface area (Å²) in [4.78, 5) is 1.83. The summed E-state index contributed by atoms with van der Waals surface area (Å²) >= 11 is 0. The van der Waals surface area contributed by atoms with Gasteiger partial charge in [-0.2, -0.15) is 26.3 Å². The lowest BCUT2D eigenvalue weighted by atomic mass is 9.88. The largest absolute Gasteiger partial charge is 0.430 e. The Morgan fingerprint density at radius 1 is 0.826 bits per heavy atom. The van der Waals surface area contributed by atoms with E-state index in [0.29, 0.717) is 56.9 Å². The number of nitrogens with one attached hydrogen (secondary N) is 1. The molecule has 0 bridgehead atoms. The second kappa shape index (κ2) is 12.5. The van der Waals surface area contributed by atoms with Crippen LogP contribution >= 0.6 is 0 Å². The Hall–Kier alpha value is -3.14. The van der Waals surface area contributed by atoms with Gasteiger partial charge in [0.25, 0.3) is 5.60 Å². The molecule has 2 aliphatic rings. The van der Waals surface area contributed by atoms with Crippen LogP contribution in [0.2, 0.25) is 0 Å². The quantitative estimate of drug-likeness (QED) is 0.211. The molecule has 2 unspecified atom stereocenters. The van der Waals surface area contributed by atoms with Gasteiger partial charge in [0.1, 0.15) is 22.2 Å². The van der Waals surface area contributed by atoms with Crippen LogP contribution in [0.4, 0.5) is 39.5 Å². The molecule has 5 rings (SSSR count). The maximum Gasteiger partial charge on any atom is 0.430 e. The molecule has 0 aromatic heterocycles. The van der Waals surface area contributed by atoms with Gasteiger partial charge in [-0.15, -0.1) is 0 Å². The zero-order chi connectivity index (χ0) is 33.5. The van der Waals surface area contributed by atoms with Crippen LogP contribution in [0.1, 0.15) is 36.0 Å². The molecule has 1 N–H and O–H groups in total. The summed E-state index contributed by atoms with van der Waals surface area (Å²) in [5.41, 5.74) is -7.67. The third-order valence-corrected chi connectivity index (χ3v) is 11.4. The highest BCUT2D eigenvalue weighted by Gasteiger charge is 2.73.